The van der Waals surface area contributed by atoms with Crippen LogP contribution < -0.4 is 5.06 Å². The SMILES string of the molecule is CC1=CC(=O)[NH+]([O-])C=C1. The first-order valence-electron chi connectivity index (χ1n) is 2.65. The molecule has 3 heteroatoms. The first-order valence-corrected chi connectivity index (χ1v) is 2.65. The third-order valence-corrected chi connectivity index (χ3v) is 1.10. The van der Waals surface area contributed by atoms with Gasteiger partial charge in [0.05, 0.1) is 0 Å². The summed E-state index contributed by atoms with van der Waals surface area (Å²) in [6, 6.07) is 0. The molecule has 0 radical (unpaired) electrons. The Hall–Kier alpha value is -0.930. The Labute approximate surface area is 52.8 Å². The predicted octanol–water partition coefficient (Wildman–Crippen LogP) is -0.631. The van der Waals surface area contributed by atoms with Crippen LogP contribution in [0.1, 0.15) is 6.92 Å². The van der Waals surface area contributed by atoms with E-state index in [0.29, 0.717) is 0 Å². The molecule has 1 heterocycles. The molecule has 0 aromatic carbocycles. The molecular formula is C6H7NO2. The Morgan fingerprint density at radius 3 is 2.78 bits per heavy atom. The van der Waals surface area contributed by atoms with Gasteiger partial charge in [0.15, 0.2) is 0 Å². The summed E-state index contributed by atoms with van der Waals surface area (Å²) in [5.41, 5.74) is 0.833. The van der Waals surface area contributed by atoms with Crippen molar-refractivity contribution in [3.05, 3.63) is 29.1 Å². The zero-order chi connectivity index (χ0) is 6.85. The lowest BCUT2D eigenvalue weighted by Crippen LogP contribution is -3.05. The number of allylic oxidation sites excluding steroid dienone is 2. The van der Waals surface area contributed by atoms with Crippen molar-refractivity contribution < 1.29 is 9.86 Å². The monoisotopic (exact) mass is 125 g/mol. The minimum atomic E-state index is -0.430. The maximum Gasteiger partial charge on any atom is 0.341 e. The minimum Gasteiger partial charge on any atom is -0.621 e. The van der Waals surface area contributed by atoms with Gasteiger partial charge in [0.1, 0.15) is 6.20 Å². The van der Waals surface area contributed by atoms with Gasteiger partial charge >= 0.3 is 5.91 Å². The van der Waals surface area contributed by atoms with Crippen LogP contribution in [-0.4, -0.2) is 5.91 Å². The molecule has 1 aliphatic rings. The van der Waals surface area contributed by atoms with Gasteiger partial charge in [0, 0.05) is 6.08 Å². The zero-order valence-corrected chi connectivity index (χ0v) is 5.05. The zero-order valence-electron chi connectivity index (χ0n) is 5.05. The molecule has 0 aromatic rings. The van der Waals surface area contributed by atoms with Crippen molar-refractivity contribution in [1.29, 1.82) is 0 Å². The van der Waals surface area contributed by atoms with E-state index in [0.717, 1.165) is 5.57 Å². The third kappa shape index (κ3) is 1.25. The van der Waals surface area contributed by atoms with Gasteiger partial charge in [0.2, 0.25) is 0 Å². The molecule has 1 rings (SSSR count). The lowest BCUT2D eigenvalue weighted by molar-refractivity contribution is -0.701. The molecule has 1 unspecified atom stereocenters. The first kappa shape index (κ1) is 6.19. The van der Waals surface area contributed by atoms with E-state index < -0.39 is 11.0 Å². The molecular weight excluding hydrogens is 118 g/mol. The van der Waals surface area contributed by atoms with Crippen LogP contribution in [0.4, 0.5) is 0 Å². The number of amides is 1. The second kappa shape index (κ2) is 2.13. The van der Waals surface area contributed by atoms with Crippen LogP contribution in [0.3, 0.4) is 0 Å². The van der Waals surface area contributed by atoms with E-state index in [2.05, 4.69) is 0 Å². The lowest BCUT2D eigenvalue weighted by Gasteiger charge is -2.14. The van der Waals surface area contributed by atoms with Crippen molar-refractivity contribution in [2.45, 2.75) is 6.92 Å². The van der Waals surface area contributed by atoms with Gasteiger partial charge < -0.3 is 5.21 Å². The quantitative estimate of drug-likeness (QED) is 0.438. The molecule has 3 nitrogen and oxygen atoms in total. The normalized spacial score (nSPS) is 26.2. The van der Waals surface area contributed by atoms with Crippen molar-refractivity contribution in [2.75, 3.05) is 0 Å². The molecule has 1 amide bonds. The van der Waals surface area contributed by atoms with E-state index in [1.807, 2.05) is 0 Å². The van der Waals surface area contributed by atoms with Gasteiger partial charge in [-0.3, -0.25) is 5.06 Å². The number of carbonyl (C=O) groups is 1. The van der Waals surface area contributed by atoms with Crippen molar-refractivity contribution in [1.82, 2.24) is 0 Å². The molecule has 9 heavy (non-hydrogen) atoms. The molecule has 0 saturated heterocycles. The van der Waals surface area contributed by atoms with Gasteiger partial charge in [-0.1, -0.05) is 0 Å². The molecule has 0 fully saturated rings. The van der Waals surface area contributed by atoms with Gasteiger partial charge in [-0.2, -0.15) is 0 Å². The average molecular weight is 125 g/mol. The largest absolute Gasteiger partial charge is 0.621 e. The Bertz CT molecular complexity index is 193. The second-order valence-corrected chi connectivity index (χ2v) is 1.95. The van der Waals surface area contributed by atoms with Gasteiger partial charge in [-0.05, 0) is 18.6 Å². The topological polar surface area (TPSA) is 44.6 Å². The average Bonchev–Trinajstić information content (AvgIpc) is 1.80. The smallest absolute Gasteiger partial charge is 0.341 e. The van der Waals surface area contributed by atoms with E-state index in [4.69, 9.17) is 0 Å². The van der Waals surface area contributed by atoms with E-state index in [1.165, 1.54) is 12.3 Å². The maximum atomic E-state index is 10.5. The third-order valence-electron chi connectivity index (χ3n) is 1.10. The number of carbonyl (C=O) groups excluding carboxylic acids is 1. The van der Waals surface area contributed by atoms with Crippen LogP contribution in [0, 0.1) is 5.21 Å². The molecule has 1 aliphatic heterocycles. The van der Waals surface area contributed by atoms with E-state index in [-0.39, 0.29) is 0 Å². The summed E-state index contributed by atoms with van der Waals surface area (Å²) in [6.07, 6.45) is 4.25. The second-order valence-electron chi connectivity index (χ2n) is 1.95. The maximum absolute atomic E-state index is 10.5. The Kier molecular flexibility index (Phi) is 1.46. The van der Waals surface area contributed by atoms with Crippen molar-refractivity contribution in [3.8, 4) is 0 Å². The van der Waals surface area contributed by atoms with Crippen LogP contribution >= 0.6 is 0 Å². The number of nitrogens with one attached hydrogen (secondary N) is 1. The standard InChI is InChI=1S/C6H7NO2/c1-5-2-3-7(9)6(8)4-5/h2-4,7H,1H3. The van der Waals surface area contributed by atoms with Crippen molar-refractivity contribution in [3.63, 3.8) is 0 Å². The highest BCUT2D eigenvalue weighted by Gasteiger charge is 2.07. The van der Waals surface area contributed by atoms with Crippen molar-refractivity contribution in [2.24, 2.45) is 0 Å². The van der Waals surface area contributed by atoms with Crippen LogP contribution in [0.15, 0.2) is 23.9 Å². The molecule has 0 saturated carbocycles. The summed E-state index contributed by atoms with van der Waals surface area (Å²) < 4.78 is 0. The van der Waals surface area contributed by atoms with Crippen molar-refractivity contribution >= 4 is 5.91 Å². The number of quaternary nitrogens is 1. The number of hydrogen-bond acceptors (Lipinski definition) is 2. The molecule has 0 spiro atoms. The summed E-state index contributed by atoms with van der Waals surface area (Å²) in [4.78, 5) is 10.5. The first-order chi connectivity index (χ1) is 4.20. The molecule has 0 bridgehead atoms. The van der Waals surface area contributed by atoms with E-state index in [1.54, 1.807) is 13.0 Å². The fourth-order valence-electron chi connectivity index (χ4n) is 0.615. The van der Waals surface area contributed by atoms with E-state index in [9.17, 15) is 10.0 Å². The fraction of sp³-hybridized carbons (Fsp3) is 0.167. The molecule has 0 aromatic heterocycles. The summed E-state index contributed by atoms with van der Waals surface area (Å²) in [7, 11) is 0. The Balaban J connectivity index is 2.82. The number of rotatable bonds is 0. The molecule has 1 N–H and O–H groups in total. The van der Waals surface area contributed by atoms with Gasteiger partial charge in [0.25, 0.3) is 0 Å². The molecule has 1 atom stereocenters. The molecule has 0 aliphatic carbocycles. The highest BCUT2D eigenvalue weighted by atomic mass is 16.5. The van der Waals surface area contributed by atoms with Crippen LogP contribution in [0.25, 0.3) is 0 Å². The summed E-state index contributed by atoms with van der Waals surface area (Å²) in [5.74, 6) is -0.421. The highest BCUT2D eigenvalue weighted by molar-refractivity contribution is 5.82. The van der Waals surface area contributed by atoms with Gasteiger partial charge in [-0.15, -0.1) is 0 Å². The van der Waals surface area contributed by atoms with E-state index >= 15 is 0 Å². The fourth-order valence-corrected chi connectivity index (χ4v) is 0.615. The summed E-state index contributed by atoms with van der Waals surface area (Å²) in [6.45, 7) is 1.78. The highest BCUT2D eigenvalue weighted by Crippen LogP contribution is 1.94. The predicted molar refractivity (Wildman–Crippen MR) is 32.2 cm³/mol. The van der Waals surface area contributed by atoms with Crippen LogP contribution in [-0.2, 0) is 4.79 Å². The lowest BCUT2D eigenvalue weighted by atomic mass is 10.2. The van der Waals surface area contributed by atoms with Gasteiger partial charge in [-0.25, -0.2) is 4.79 Å². The number of hydroxylamine groups is 2. The van der Waals surface area contributed by atoms with Crippen LogP contribution in [0.2, 0.25) is 0 Å². The minimum absolute atomic E-state index is 0.421. The summed E-state index contributed by atoms with van der Waals surface area (Å²) in [5, 5.41) is 10.0. The molecule has 48 valence electrons. The van der Waals surface area contributed by atoms with Crippen LogP contribution in [0.5, 0.6) is 0 Å². The summed E-state index contributed by atoms with van der Waals surface area (Å²) >= 11 is 0. The number of hydrogen-bond donors (Lipinski definition) is 1. The Morgan fingerprint density at radius 1 is 1.67 bits per heavy atom. The Morgan fingerprint density at radius 2 is 2.33 bits per heavy atom.